The van der Waals surface area contributed by atoms with Gasteiger partial charge in [-0.1, -0.05) is 17.7 Å². The third kappa shape index (κ3) is 3.00. The predicted molar refractivity (Wildman–Crippen MR) is 99.0 cm³/mol. The molecule has 4 nitrogen and oxygen atoms in total. The van der Waals surface area contributed by atoms with Crippen molar-refractivity contribution >= 4 is 17.5 Å². The lowest BCUT2D eigenvalue weighted by molar-refractivity contribution is -0.129. The molecular weight excluding hydrogens is 326 g/mol. The predicted octanol–water partition coefficient (Wildman–Crippen LogP) is 3.30. The van der Waals surface area contributed by atoms with Gasteiger partial charge in [-0.05, 0) is 69.1 Å². The van der Waals surface area contributed by atoms with Gasteiger partial charge in [0.15, 0.2) is 5.78 Å². The van der Waals surface area contributed by atoms with Gasteiger partial charge < -0.3 is 5.32 Å². The molecule has 1 amide bonds. The molecule has 1 aromatic carbocycles. The van der Waals surface area contributed by atoms with Gasteiger partial charge in [-0.2, -0.15) is 0 Å². The fraction of sp³-hybridized carbons (Fsp3) is 0.591. The van der Waals surface area contributed by atoms with E-state index < -0.39 is 11.8 Å². The molecule has 4 rings (SSSR count). The van der Waals surface area contributed by atoms with Crippen LogP contribution in [0.2, 0.25) is 0 Å². The summed E-state index contributed by atoms with van der Waals surface area (Å²) in [6.07, 6.45) is 4.88. The first-order chi connectivity index (χ1) is 12.3. The number of carbonyl (C=O) groups is 3. The molecule has 0 aromatic heterocycles. The second kappa shape index (κ2) is 6.04. The molecule has 2 atom stereocenters. The van der Waals surface area contributed by atoms with Crippen molar-refractivity contribution in [2.45, 2.75) is 70.8 Å². The molecule has 4 heteroatoms. The monoisotopic (exact) mass is 353 g/mol. The van der Waals surface area contributed by atoms with E-state index in [0.717, 1.165) is 35.1 Å². The van der Waals surface area contributed by atoms with E-state index in [4.69, 9.17) is 0 Å². The Morgan fingerprint density at radius 2 is 1.73 bits per heavy atom. The highest BCUT2D eigenvalue weighted by Crippen LogP contribution is 2.53. The minimum Gasteiger partial charge on any atom is -0.350 e. The lowest BCUT2D eigenvalue weighted by Gasteiger charge is -2.18. The van der Waals surface area contributed by atoms with Gasteiger partial charge in [0, 0.05) is 24.3 Å². The number of hydrogen-bond donors (Lipinski definition) is 1. The quantitative estimate of drug-likeness (QED) is 0.826. The summed E-state index contributed by atoms with van der Waals surface area (Å²) >= 11 is 0. The average Bonchev–Trinajstić information content (AvgIpc) is 3.41. The minimum absolute atomic E-state index is 0.0201. The molecule has 26 heavy (non-hydrogen) atoms. The first kappa shape index (κ1) is 17.4. The maximum atomic E-state index is 13.0. The standard InChI is InChI=1S/C22H27NO3/c1-12-8-13(2)19(14(3)9-12)20-17(24)10-15(21(20)26)11-18(25)23-22(6-7-22)16-4-5-16/h8-9,15-16,20H,4-7,10-11H2,1-3H3,(H,23,25). The van der Waals surface area contributed by atoms with E-state index in [1.807, 2.05) is 32.9 Å². The molecule has 3 aliphatic carbocycles. The van der Waals surface area contributed by atoms with E-state index in [9.17, 15) is 14.4 Å². The number of nitrogens with one attached hydrogen (secondary N) is 1. The maximum absolute atomic E-state index is 13.0. The second-order valence-electron chi connectivity index (χ2n) is 8.70. The molecule has 2 unspecified atom stereocenters. The van der Waals surface area contributed by atoms with Crippen LogP contribution in [0.15, 0.2) is 12.1 Å². The van der Waals surface area contributed by atoms with Crippen molar-refractivity contribution in [2.24, 2.45) is 11.8 Å². The van der Waals surface area contributed by atoms with E-state index in [1.54, 1.807) is 0 Å². The molecule has 0 radical (unpaired) electrons. The first-order valence-corrected chi connectivity index (χ1v) is 9.76. The molecule has 0 bridgehead atoms. The van der Waals surface area contributed by atoms with Crippen LogP contribution in [0.25, 0.3) is 0 Å². The summed E-state index contributed by atoms with van der Waals surface area (Å²) in [7, 11) is 0. The Balaban J connectivity index is 1.48. The van der Waals surface area contributed by atoms with Crippen LogP contribution >= 0.6 is 0 Å². The molecule has 3 fully saturated rings. The lowest BCUT2D eigenvalue weighted by atomic mass is 9.86. The summed E-state index contributed by atoms with van der Waals surface area (Å²) in [5.74, 6) is -0.687. The number of Topliss-reactive ketones (excluding diaryl/α,β-unsaturated/α-hetero) is 2. The molecule has 1 aromatic rings. The molecule has 0 spiro atoms. The van der Waals surface area contributed by atoms with Crippen LogP contribution in [0.5, 0.6) is 0 Å². The van der Waals surface area contributed by atoms with Gasteiger partial charge in [-0.15, -0.1) is 0 Å². The Bertz CT molecular complexity index is 779. The Morgan fingerprint density at radius 1 is 1.12 bits per heavy atom. The van der Waals surface area contributed by atoms with Gasteiger partial charge >= 0.3 is 0 Å². The normalized spacial score (nSPS) is 26.9. The molecule has 1 N–H and O–H groups in total. The van der Waals surface area contributed by atoms with E-state index in [-0.39, 0.29) is 35.9 Å². The van der Waals surface area contributed by atoms with Gasteiger partial charge in [-0.25, -0.2) is 0 Å². The van der Waals surface area contributed by atoms with Crippen molar-refractivity contribution in [2.75, 3.05) is 0 Å². The number of ketones is 2. The van der Waals surface area contributed by atoms with Crippen molar-refractivity contribution in [1.82, 2.24) is 5.32 Å². The molecule has 0 aliphatic heterocycles. The zero-order valence-electron chi connectivity index (χ0n) is 15.9. The Kier molecular flexibility index (Phi) is 4.05. The smallest absolute Gasteiger partial charge is 0.221 e. The van der Waals surface area contributed by atoms with Crippen molar-refractivity contribution in [3.8, 4) is 0 Å². The minimum atomic E-state index is -0.688. The van der Waals surface area contributed by atoms with E-state index in [0.29, 0.717) is 5.92 Å². The third-order valence-electron chi connectivity index (χ3n) is 6.45. The molecule has 3 saturated carbocycles. The SMILES string of the molecule is Cc1cc(C)c(C2C(=O)CC(CC(=O)NC3(C4CC4)CC3)C2=O)c(C)c1. The number of carbonyl (C=O) groups excluding carboxylic acids is 3. The molecule has 0 saturated heterocycles. The van der Waals surface area contributed by atoms with Crippen LogP contribution in [0.4, 0.5) is 0 Å². The molecule has 0 heterocycles. The summed E-state index contributed by atoms with van der Waals surface area (Å²) in [6, 6.07) is 4.05. The van der Waals surface area contributed by atoms with Crippen LogP contribution in [0, 0.1) is 32.6 Å². The highest BCUT2D eigenvalue weighted by molar-refractivity contribution is 6.15. The topological polar surface area (TPSA) is 63.2 Å². The maximum Gasteiger partial charge on any atom is 0.221 e. The van der Waals surface area contributed by atoms with Crippen LogP contribution in [0.3, 0.4) is 0 Å². The van der Waals surface area contributed by atoms with Crippen molar-refractivity contribution in [3.63, 3.8) is 0 Å². The van der Waals surface area contributed by atoms with Crippen LogP contribution in [-0.4, -0.2) is 23.0 Å². The van der Waals surface area contributed by atoms with E-state index in [1.165, 1.54) is 12.8 Å². The van der Waals surface area contributed by atoms with Crippen LogP contribution in [-0.2, 0) is 14.4 Å². The fourth-order valence-corrected chi connectivity index (χ4v) is 4.94. The summed E-state index contributed by atoms with van der Waals surface area (Å²) in [6.45, 7) is 5.94. The summed E-state index contributed by atoms with van der Waals surface area (Å²) in [5, 5.41) is 3.17. The van der Waals surface area contributed by atoms with Crippen LogP contribution in [0.1, 0.15) is 66.7 Å². The fourth-order valence-electron chi connectivity index (χ4n) is 4.94. The van der Waals surface area contributed by atoms with Gasteiger partial charge in [0.1, 0.15) is 11.7 Å². The van der Waals surface area contributed by atoms with Gasteiger partial charge in [0.25, 0.3) is 0 Å². The van der Waals surface area contributed by atoms with Crippen molar-refractivity contribution in [1.29, 1.82) is 0 Å². The van der Waals surface area contributed by atoms with Crippen molar-refractivity contribution < 1.29 is 14.4 Å². The number of aryl methyl sites for hydroxylation is 3. The lowest BCUT2D eigenvalue weighted by Crippen LogP contribution is -2.39. The van der Waals surface area contributed by atoms with Crippen molar-refractivity contribution in [3.05, 3.63) is 34.4 Å². The first-order valence-electron chi connectivity index (χ1n) is 9.76. The third-order valence-corrected chi connectivity index (χ3v) is 6.45. The van der Waals surface area contributed by atoms with E-state index >= 15 is 0 Å². The average molecular weight is 353 g/mol. The largest absolute Gasteiger partial charge is 0.350 e. The molecular formula is C22H27NO3. The molecule has 138 valence electrons. The number of benzene rings is 1. The Morgan fingerprint density at radius 3 is 2.27 bits per heavy atom. The summed E-state index contributed by atoms with van der Waals surface area (Å²) < 4.78 is 0. The Hall–Kier alpha value is -1.97. The van der Waals surface area contributed by atoms with Gasteiger partial charge in [0.05, 0.1) is 0 Å². The number of rotatable bonds is 5. The summed E-state index contributed by atoms with van der Waals surface area (Å²) in [4.78, 5) is 38.1. The number of amides is 1. The second-order valence-corrected chi connectivity index (χ2v) is 8.70. The summed E-state index contributed by atoms with van der Waals surface area (Å²) in [5.41, 5.74) is 3.99. The zero-order valence-corrected chi connectivity index (χ0v) is 15.9. The van der Waals surface area contributed by atoms with Gasteiger partial charge in [-0.3, -0.25) is 14.4 Å². The highest BCUT2D eigenvalue weighted by atomic mass is 16.2. The number of hydrogen-bond acceptors (Lipinski definition) is 3. The van der Waals surface area contributed by atoms with Crippen LogP contribution < -0.4 is 5.32 Å². The molecule has 3 aliphatic rings. The van der Waals surface area contributed by atoms with Gasteiger partial charge in [0.2, 0.25) is 5.91 Å². The van der Waals surface area contributed by atoms with E-state index in [2.05, 4.69) is 5.32 Å². The highest BCUT2D eigenvalue weighted by Gasteiger charge is 2.55. The Labute approximate surface area is 154 Å². The zero-order chi connectivity index (χ0) is 18.6.